The van der Waals surface area contributed by atoms with Crippen molar-refractivity contribution in [2.75, 3.05) is 0 Å². The maximum atomic E-state index is 11.6. The first-order valence-electron chi connectivity index (χ1n) is 6.47. The summed E-state index contributed by atoms with van der Waals surface area (Å²) in [6.07, 6.45) is 6.46. The second-order valence-corrected chi connectivity index (χ2v) is 4.74. The number of carbonyl (C=O) groups is 1. The number of carbonyl (C=O) groups excluding carboxylic acids is 1. The zero-order valence-electron chi connectivity index (χ0n) is 10.5. The summed E-state index contributed by atoms with van der Waals surface area (Å²) in [5.41, 5.74) is 3.18. The monoisotopic (exact) mass is 240 g/mol. The molecule has 3 rings (SSSR count). The fourth-order valence-corrected chi connectivity index (χ4v) is 2.59. The third kappa shape index (κ3) is 1.76. The zero-order chi connectivity index (χ0) is 12.5. The molecular weight excluding hydrogens is 224 g/mol. The summed E-state index contributed by atoms with van der Waals surface area (Å²) in [5.74, 6) is 1.27. The van der Waals surface area contributed by atoms with Gasteiger partial charge in [0.25, 0.3) is 0 Å². The van der Waals surface area contributed by atoms with Crippen LogP contribution < -0.4 is 0 Å². The van der Waals surface area contributed by atoms with Gasteiger partial charge in [-0.3, -0.25) is 4.79 Å². The lowest BCUT2D eigenvalue weighted by atomic mass is 10.1. The molecule has 0 N–H and O–H groups in total. The second kappa shape index (κ2) is 4.41. The Balaban J connectivity index is 2.02. The number of rotatable bonds is 3. The molecule has 92 valence electrons. The number of aryl methyl sites for hydroxylation is 2. The van der Waals surface area contributed by atoms with Crippen molar-refractivity contribution in [3.05, 3.63) is 41.7 Å². The molecule has 0 aliphatic heterocycles. The van der Waals surface area contributed by atoms with Gasteiger partial charge in [-0.2, -0.15) is 0 Å². The maximum Gasteiger partial charge on any atom is 0.163 e. The Morgan fingerprint density at radius 2 is 2.22 bits per heavy atom. The highest BCUT2D eigenvalue weighted by Crippen LogP contribution is 2.27. The highest BCUT2D eigenvalue weighted by atomic mass is 16.1. The molecule has 0 saturated carbocycles. The molecule has 18 heavy (non-hydrogen) atoms. The molecule has 1 aliphatic carbocycles. The first-order chi connectivity index (χ1) is 8.79. The number of imidazole rings is 1. The fraction of sp³-hybridized carbons (Fsp3) is 0.333. The maximum absolute atomic E-state index is 11.6. The van der Waals surface area contributed by atoms with E-state index in [0.29, 0.717) is 6.42 Å². The van der Waals surface area contributed by atoms with Gasteiger partial charge in [0.05, 0.1) is 0 Å². The van der Waals surface area contributed by atoms with Crippen LogP contribution in [0.2, 0.25) is 0 Å². The number of ketones is 1. The van der Waals surface area contributed by atoms with Crippen LogP contribution in [-0.4, -0.2) is 15.3 Å². The zero-order valence-corrected chi connectivity index (χ0v) is 10.5. The highest BCUT2D eigenvalue weighted by molar-refractivity contribution is 6.00. The van der Waals surface area contributed by atoms with Crippen molar-refractivity contribution >= 4 is 5.78 Å². The predicted octanol–water partition coefficient (Wildman–Crippen LogP) is 3.09. The summed E-state index contributed by atoms with van der Waals surface area (Å²) >= 11 is 0. The van der Waals surface area contributed by atoms with E-state index in [0.717, 1.165) is 36.3 Å². The van der Waals surface area contributed by atoms with Gasteiger partial charge in [-0.05, 0) is 24.5 Å². The Kier molecular flexibility index (Phi) is 2.74. The van der Waals surface area contributed by atoms with Crippen LogP contribution in [0.25, 0.3) is 11.4 Å². The Hall–Kier alpha value is -1.90. The number of aromatic nitrogens is 2. The minimum atomic E-state index is 0.272. The van der Waals surface area contributed by atoms with Gasteiger partial charge < -0.3 is 4.57 Å². The van der Waals surface area contributed by atoms with E-state index >= 15 is 0 Å². The molecule has 0 saturated heterocycles. The lowest BCUT2D eigenvalue weighted by molar-refractivity contribution is 0.0994. The van der Waals surface area contributed by atoms with Crippen LogP contribution >= 0.6 is 0 Å². The number of Topliss-reactive ketones (excluding diaryl/α,β-unsaturated/α-hetero) is 1. The van der Waals surface area contributed by atoms with Crippen molar-refractivity contribution in [1.29, 1.82) is 0 Å². The Labute approximate surface area is 106 Å². The van der Waals surface area contributed by atoms with Crippen LogP contribution in [0.3, 0.4) is 0 Å². The molecule has 0 amide bonds. The van der Waals surface area contributed by atoms with Crippen molar-refractivity contribution in [1.82, 2.24) is 9.55 Å². The van der Waals surface area contributed by atoms with Gasteiger partial charge in [0.15, 0.2) is 5.78 Å². The van der Waals surface area contributed by atoms with E-state index in [1.807, 2.05) is 24.5 Å². The van der Waals surface area contributed by atoms with Crippen LogP contribution in [0.15, 0.2) is 30.6 Å². The van der Waals surface area contributed by atoms with Crippen LogP contribution in [0, 0.1) is 0 Å². The van der Waals surface area contributed by atoms with E-state index in [1.165, 1.54) is 5.56 Å². The van der Waals surface area contributed by atoms with Gasteiger partial charge in [-0.25, -0.2) is 4.98 Å². The molecule has 3 nitrogen and oxygen atoms in total. The van der Waals surface area contributed by atoms with Crippen molar-refractivity contribution in [3.63, 3.8) is 0 Å². The van der Waals surface area contributed by atoms with E-state index in [1.54, 1.807) is 0 Å². The molecule has 0 spiro atoms. The molecule has 1 aliphatic rings. The summed E-state index contributed by atoms with van der Waals surface area (Å²) < 4.78 is 2.17. The Morgan fingerprint density at radius 1 is 1.33 bits per heavy atom. The summed E-state index contributed by atoms with van der Waals surface area (Å²) in [6.45, 7) is 3.14. The molecular formula is C15H16N2O. The second-order valence-electron chi connectivity index (χ2n) is 4.74. The number of hydrogen-bond acceptors (Lipinski definition) is 2. The molecule has 0 radical (unpaired) electrons. The van der Waals surface area contributed by atoms with Crippen LogP contribution in [0.5, 0.6) is 0 Å². The predicted molar refractivity (Wildman–Crippen MR) is 70.6 cm³/mol. The first-order valence-corrected chi connectivity index (χ1v) is 6.47. The van der Waals surface area contributed by atoms with Crippen molar-refractivity contribution in [3.8, 4) is 11.4 Å². The van der Waals surface area contributed by atoms with Gasteiger partial charge in [0.2, 0.25) is 0 Å². The number of fused-ring (bicyclic) bond motifs is 1. The minimum absolute atomic E-state index is 0.272. The van der Waals surface area contributed by atoms with Gasteiger partial charge in [0, 0.05) is 36.5 Å². The van der Waals surface area contributed by atoms with Gasteiger partial charge in [-0.15, -0.1) is 0 Å². The minimum Gasteiger partial charge on any atom is -0.331 e. The molecule has 2 aromatic rings. The third-order valence-electron chi connectivity index (χ3n) is 3.47. The summed E-state index contributed by atoms with van der Waals surface area (Å²) in [5, 5.41) is 0. The lowest BCUT2D eigenvalue weighted by Gasteiger charge is -2.07. The summed E-state index contributed by atoms with van der Waals surface area (Å²) in [6, 6.07) is 6.08. The van der Waals surface area contributed by atoms with E-state index in [9.17, 15) is 4.79 Å². The van der Waals surface area contributed by atoms with E-state index in [4.69, 9.17) is 0 Å². The van der Waals surface area contributed by atoms with Gasteiger partial charge >= 0.3 is 0 Å². The van der Waals surface area contributed by atoms with Crippen molar-refractivity contribution in [2.45, 2.75) is 32.7 Å². The summed E-state index contributed by atoms with van der Waals surface area (Å²) in [7, 11) is 0. The molecule has 1 aromatic heterocycles. The largest absolute Gasteiger partial charge is 0.331 e. The van der Waals surface area contributed by atoms with E-state index in [-0.39, 0.29) is 5.78 Å². The molecule has 0 unspecified atom stereocenters. The first kappa shape index (κ1) is 11.2. The molecule has 0 bridgehead atoms. The normalized spacial score (nSPS) is 13.9. The number of nitrogens with zero attached hydrogens (tertiary/aromatic N) is 2. The topological polar surface area (TPSA) is 34.9 Å². The Bertz CT molecular complexity index is 598. The molecule has 0 atom stereocenters. The van der Waals surface area contributed by atoms with E-state index in [2.05, 4.69) is 22.5 Å². The van der Waals surface area contributed by atoms with Crippen LogP contribution in [0.4, 0.5) is 0 Å². The lowest BCUT2D eigenvalue weighted by Crippen LogP contribution is -1.99. The number of hydrogen-bond donors (Lipinski definition) is 0. The molecule has 0 fully saturated rings. The number of benzene rings is 1. The van der Waals surface area contributed by atoms with Crippen molar-refractivity contribution in [2.24, 2.45) is 0 Å². The molecule has 1 aromatic carbocycles. The quantitative estimate of drug-likeness (QED) is 0.826. The smallest absolute Gasteiger partial charge is 0.163 e. The van der Waals surface area contributed by atoms with E-state index < -0.39 is 0 Å². The average molecular weight is 240 g/mol. The van der Waals surface area contributed by atoms with Gasteiger partial charge in [0.1, 0.15) is 5.82 Å². The Morgan fingerprint density at radius 3 is 3.06 bits per heavy atom. The summed E-state index contributed by atoms with van der Waals surface area (Å²) in [4.78, 5) is 16.0. The van der Waals surface area contributed by atoms with Crippen molar-refractivity contribution < 1.29 is 4.79 Å². The van der Waals surface area contributed by atoms with Crippen LogP contribution in [0.1, 0.15) is 35.7 Å². The molecule has 1 heterocycles. The highest BCUT2D eigenvalue weighted by Gasteiger charge is 2.20. The average Bonchev–Trinajstić information content (AvgIpc) is 2.97. The fourth-order valence-electron chi connectivity index (χ4n) is 2.59. The third-order valence-corrected chi connectivity index (χ3v) is 3.47. The van der Waals surface area contributed by atoms with Crippen LogP contribution in [-0.2, 0) is 13.0 Å². The SMILES string of the molecule is CCCn1ccnc1-c1ccc2c(c1)CCC2=O. The standard InChI is InChI=1S/C15H16N2O/c1-2-8-17-9-7-16-15(17)12-3-5-13-11(10-12)4-6-14(13)18/h3,5,7,9-10H,2,4,6,8H2,1H3. The van der Waals surface area contributed by atoms with Gasteiger partial charge in [-0.1, -0.05) is 19.1 Å². The molecule has 3 heteroatoms.